The second-order valence-corrected chi connectivity index (χ2v) is 5.88. The normalized spacial score (nSPS) is 19.4. The Balaban J connectivity index is 1.88. The molecule has 2 rings (SSSR count). The Morgan fingerprint density at radius 2 is 1.81 bits per heavy atom. The van der Waals surface area contributed by atoms with Crippen LogP contribution in [0.15, 0.2) is 43.0 Å². The van der Waals surface area contributed by atoms with Crippen molar-refractivity contribution in [2.45, 2.75) is 24.4 Å². The number of hydrogen-bond acceptors (Lipinski definition) is 2. The molecule has 0 radical (unpaired) electrons. The summed E-state index contributed by atoms with van der Waals surface area (Å²) in [5.74, 6) is 0. The van der Waals surface area contributed by atoms with E-state index in [1.54, 1.807) is 4.90 Å². The van der Waals surface area contributed by atoms with Gasteiger partial charge < -0.3 is 0 Å². The van der Waals surface area contributed by atoms with Crippen LogP contribution >= 0.6 is 11.6 Å². The topological polar surface area (TPSA) is 6.48 Å². The van der Waals surface area contributed by atoms with Gasteiger partial charge in [-0.15, -0.1) is 6.58 Å². The molecule has 0 spiro atoms. The molecule has 1 fully saturated rings. The van der Waals surface area contributed by atoms with Crippen molar-refractivity contribution in [2.24, 2.45) is 0 Å². The predicted octanol–water partition coefficient (Wildman–Crippen LogP) is 3.58. The number of halogens is 3. The molecule has 0 bridgehead atoms. The Morgan fingerprint density at radius 1 is 1.19 bits per heavy atom. The zero-order valence-electron chi connectivity index (χ0n) is 12.0. The maximum absolute atomic E-state index is 13.5. The minimum absolute atomic E-state index is 0.204. The van der Waals surface area contributed by atoms with Crippen LogP contribution in [0.4, 0.5) is 8.78 Å². The molecular weight excluding hydrogens is 294 g/mol. The average Bonchev–Trinajstić information content (AvgIpc) is 2.46. The van der Waals surface area contributed by atoms with Gasteiger partial charge in [0, 0.05) is 32.7 Å². The van der Waals surface area contributed by atoms with E-state index in [4.69, 9.17) is 11.6 Å². The van der Waals surface area contributed by atoms with E-state index in [9.17, 15) is 8.78 Å². The molecule has 5 heteroatoms. The Morgan fingerprint density at radius 3 is 2.33 bits per heavy atom. The molecule has 2 nitrogen and oxygen atoms in total. The lowest BCUT2D eigenvalue weighted by Crippen LogP contribution is -2.54. The van der Waals surface area contributed by atoms with Crippen LogP contribution in [-0.2, 0) is 6.54 Å². The number of alkyl halides is 3. The number of nitrogens with zero attached hydrogens (tertiary/aromatic N) is 2. The highest BCUT2D eigenvalue weighted by Crippen LogP contribution is 2.30. The maximum atomic E-state index is 13.5. The SMILES string of the molecule is C=CCC(N1CCN(Cc2ccccc2)CC1)C(F)(F)Cl. The van der Waals surface area contributed by atoms with Gasteiger partial charge >= 0.3 is 5.38 Å². The van der Waals surface area contributed by atoms with E-state index < -0.39 is 11.4 Å². The third kappa shape index (κ3) is 4.77. The van der Waals surface area contributed by atoms with Crippen molar-refractivity contribution in [1.82, 2.24) is 9.80 Å². The first-order valence-electron chi connectivity index (χ1n) is 7.18. The van der Waals surface area contributed by atoms with Crippen molar-refractivity contribution in [1.29, 1.82) is 0 Å². The minimum Gasteiger partial charge on any atom is -0.297 e. The van der Waals surface area contributed by atoms with E-state index in [2.05, 4.69) is 23.6 Å². The van der Waals surface area contributed by atoms with Crippen molar-refractivity contribution < 1.29 is 8.78 Å². The molecule has 0 saturated carbocycles. The molecule has 1 saturated heterocycles. The Bertz CT molecular complexity index is 439. The molecule has 1 unspecified atom stereocenters. The maximum Gasteiger partial charge on any atom is 0.337 e. The fraction of sp³-hybridized carbons (Fsp3) is 0.500. The Hall–Kier alpha value is -0.970. The molecule has 0 aromatic heterocycles. The standard InChI is InChI=1S/C16H21ClF2N2/c1-2-6-15(16(17,18)19)21-11-9-20(10-12-21)13-14-7-4-3-5-8-14/h2-5,7-8,15H,1,6,9-13H2. The molecule has 21 heavy (non-hydrogen) atoms. The third-order valence-corrected chi connectivity index (χ3v) is 4.12. The fourth-order valence-corrected chi connectivity index (χ4v) is 2.95. The molecule has 0 aliphatic carbocycles. The summed E-state index contributed by atoms with van der Waals surface area (Å²) in [4.78, 5) is 4.05. The van der Waals surface area contributed by atoms with Gasteiger partial charge in [0.05, 0.1) is 6.04 Å². The highest BCUT2D eigenvalue weighted by atomic mass is 35.5. The summed E-state index contributed by atoms with van der Waals surface area (Å²) in [5, 5.41) is -3.21. The molecule has 0 N–H and O–H groups in total. The molecule has 1 aliphatic rings. The van der Waals surface area contributed by atoms with Crippen LogP contribution in [0, 0.1) is 0 Å². The third-order valence-electron chi connectivity index (χ3n) is 3.86. The van der Waals surface area contributed by atoms with Crippen LogP contribution < -0.4 is 0 Å². The zero-order chi connectivity index (χ0) is 15.3. The molecule has 1 aromatic carbocycles. The van der Waals surface area contributed by atoms with E-state index in [0.717, 1.165) is 19.6 Å². The molecule has 116 valence electrons. The molecule has 0 amide bonds. The number of piperazine rings is 1. The number of benzene rings is 1. The first kappa shape index (κ1) is 16.4. The Labute approximate surface area is 130 Å². The van der Waals surface area contributed by atoms with E-state index in [1.807, 2.05) is 18.2 Å². The lowest BCUT2D eigenvalue weighted by atomic mass is 10.1. The first-order chi connectivity index (χ1) is 10.0. The zero-order valence-corrected chi connectivity index (χ0v) is 12.8. The molecule has 1 atom stereocenters. The average molecular weight is 315 g/mol. The van der Waals surface area contributed by atoms with Crippen LogP contribution in [0.3, 0.4) is 0 Å². The number of rotatable bonds is 6. The molecule has 1 aliphatic heterocycles. The highest BCUT2D eigenvalue weighted by Gasteiger charge is 2.41. The van der Waals surface area contributed by atoms with Gasteiger partial charge in [-0.2, -0.15) is 8.78 Å². The summed E-state index contributed by atoms with van der Waals surface area (Å²) in [6.45, 7) is 7.17. The molecular formula is C16H21ClF2N2. The highest BCUT2D eigenvalue weighted by molar-refractivity contribution is 6.22. The van der Waals surface area contributed by atoms with Crippen LogP contribution in [0.2, 0.25) is 0 Å². The molecule has 1 aromatic rings. The van der Waals surface area contributed by atoms with Crippen molar-refractivity contribution in [2.75, 3.05) is 26.2 Å². The number of hydrogen-bond donors (Lipinski definition) is 0. The predicted molar refractivity (Wildman–Crippen MR) is 82.7 cm³/mol. The second kappa shape index (κ2) is 7.34. The fourth-order valence-electron chi connectivity index (χ4n) is 2.72. The summed E-state index contributed by atoms with van der Waals surface area (Å²) >= 11 is 5.24. The van der Waals surface area contributed by atoms with E-state index >= 15 is 0 Å². The van der Waals surface area contributed by atoms with Crippen LogP contribution in [0.1, 0.15) is 12.0 Å². The summed E-state index contributed by atoms with van der Waals surface area (Å²) in [5.41, 5.74) is 1.25. The van der Waals surface area contributed by atoms with Gasteiger partial charge in [0.2, 0.25) is 0 Å². The van der Waals surface area contributed by atoms with Gasteiger partial charge in [-0.3, -0.25) is 9.80 Å². The molecule has 1 heterocycles. The summed E-state index contributed by atoms with van der Waals surface area (Å²) in [6, 6.07) is 9.22. The van der Waals surface area contributed by atoms with Crippen molar-refractivity contribution in [3.63, 3.8) is 0 Å². The summed E-state index contributed by atoms with van der Waals surface area (Å²) < 4.78 is 26.9. The van der Waals surface area contributed by atoms with Crippen LogP contribution in [-0.4, -0.2) is 47.4 Å². The summed E-state index contributed by atoms with van der Waals surface area (Å²) in [6.07, 6.45) is 1.71. The van der Waals surface area contributed by atoms with E-state index in [1.165, 1.54) is 11.6 Å². The van der Waals surface area contributed by atoms with Gasteiger partial charge in [0.1, 0.15) is 0 Å². The van der Waals surface area contributed by atoms with E-state index in [0.29, 0.717) is 13.1 Å². The smallest absolute Gasteiger partial charge is 0.297 e. The van der Waals surface area contributed by atoms with Crippen molar-refractivity contribution >= 4 is 11.6 Å². The first-order valence-corrected chi connectivity index (χ1v) is 7.56. The lowest BCUT2D eigenvalue weighted by Gasteiger charge is -2.40. The van der Waals surface area contributed by atoms with Gasteiger partial charge in [-0.25, -0.2) is 0 Å². The van der Waals surface area contributed by atoms with Gasteiger partial charge in [0.25, 0.3) is 0 Å². The quantitative estimate of drug-likeness (QED) is 0.585. The monoisotopic (exact) mass is 314 g/mol. The van der Waals surface area contributed by atoms with E-state index in [-0.39, 0.29) is 6.42 Å². The minimum atomic E-state index is -3.21. The van der Waals surface area contributed by atoms with Gasteiger partial charge in [-0.1, -0.05) is 36.4 Å². The van der Waals surface area contributed by atoms with Crippen molar-refractivity contribution in [3.05, 3.63) is 48.6 Å². The van der Waals surface area contributed by atoms with Crippen molar-refractivity contribution in [3.8, 4) is 0 Å². The lowest BCUT2D eigenvalue weighted by molar-refractivity contribution is -0.0291. The van der Waals surface area contributed by atoms with Gasteiger partial charge in [0.15, 0.2) is 0 Å². The second-order valence-electron chi connectivity index (χ2n) is 5.38. The van der Waals surface area contributed by atoms with Crippen LogP contribution in [0.25, 0.3) is 0 Å². The van der Waals surface area contributed by atoms with Crippen LogP contribution in [0.5, 0.6) is 0 Å². The largest absolute Gasteiger partial charge is 0.337 e. The van der Waals surface area contributed by atoms with Gasteiger partial charge in [-0.05, 0) is 23.6 Å². The summed E-state index contributed by atoms with van der Waals surface area (Å²) in [7, 11) is 0. The Kier molecular flexibility index (Phi) is 5.73.